The lowest BCUT2D eigenvalue weighted by molar-refractivity contribution is 0.297. The Balaban J connectivity index is 1.85. The summed E-state index contributed by atoms with van der Waals surface area (Å²) < 4.78 is 42.6. The standard InChI is InChI=1S/C23H27F3/c1-2-3-5-8-16-11-13-18(14-12-16)21-19(17-9-6-4-7-10-17)15-20(24)22(25)23(21)26/h4,6-7,9-10,15-16,18H,2-3,5,8,11-14H2,1H3. The van der Waals surface area contributed by atoms with Gasteiger partial charge in [-0.2, -0.15) is 0 Å². The van der Waals surface area contributed by atoms with Crippen LogP contribution in [0.3, 0.4) is 0 Å². The zero-order valence-electron chi connectivity index (χ0n) is 15.4. The van der Waals surface area contributed by atoms with Crippen LogP contribution in [0, 0.1) is 23.4 Å². The number of benzene rings is 2. The van der Waals surface area contributed by atoms with Crippen LogP contribution in [0.2, 0.25) is 0 Å². The summed E-state index contributed by atoms with van der Waals surface area (Å²) >= 11 is 0. The maximum Gasteiger partial charge on any atom is 0.194 e. The molecular formula is C23H27F3. The maximum atomic E-state index is 14.7. The van der Waals surface area contributed by atoms with E-state index in [9.17, 15) is 13.2 Å². The molecule has 2 aromatic rings. The second kappa shape index (κ2) is 8.75. The van der Waals surface area contributed by atoms with Crippen molar-refractivity contribution in [3.05, 3.63) is 59.4 Å². The normalized spacial score (nSPS) is 20.3. The topological polar surface area (TPSA) is 0 Å². The van der Waals surface area contributed by atoms with Crippen LogP contribution in [0.1, 0.15) is 69.8 Å². The van der Waals surface area contributed by atoms with Gasteiger partial charge in [0.25, 0.3) is 0 Å². The molecule has 0 N–H and O–H groups in total. The molecule has 0 saturated heterocycles. The zero-order valence-corrected chi connectivity index (χ0v) is 15.4. The lowest BCUT2D eigenvalue weighted by Gasteiger charge is -2.30. The molecular weight excluding hydrogens is 333 g/mol. The maximum absolute atomic E-state index is 14.7. The minimum Gasteiger partial charge on any atom is -0.204 e. The Hall–Kier alpha value is -1.77. The van der Waals surface area contributed by atoms with E-state index in [0.29, 0.717) is 17.0 Å². The summed E-state index contributed by atoms with van der Waals surface area (Å²) in [7, 11) is 0. The first-order valence-electron chi connectivity index (χ1n) is 9.84. The van der Waals surface area contributed by atoms with E-state index in [-0.39, 0.29) is 5.92 Å². The Morgan fingerprint density at radius 3 is 2.23 bits per heavy atom. The van der Waals surface area contributed by atoms with Crippen molar-refractivity contribution in [2.75, 3.05) is 0 Å². The van der Waals surface area contributed by atoms with Crippen LogP contribution in [-0.4, -0.2) is 0 Å². The first kappa shape index (κ1) is 19.0. The Morgan fingerprint density at radius 2 is 1.58 bits per heavy atom. The molecule has 1 fully saturated rings. The van der Waals surface area contributed by atoms with Gasteiger partial charge in [-0.05, 0) is 54.7 Å². The fourth-order valence-electron chi connectivity index (χ4n) is 4.29. The van der Waals surface area contributed by atoms with Gasteiger partial charge in [0.05, 0.1) is 0 Å². The van der Waals surface area contributed by atoms with Crippen molar-refractivity contribution in [2.24, 2.45) is 5.92 Å². The number of hydrogen-bond acceptors (Lipinski definition) is 0. The zero-order chi connectivity index (χ0) is 18.5. The Morgan fingerprint density at radius 1 is 0.885 bits per heavy atom. The number of unbranched alkanes of at least 4 members (excludes halogenated alkanes) is 2. The monoisotopic (exact) mass is 360 g/mol. The van der Waals surface area contributed by atoms with Gasteiger partial charge in [0.1, 0.15) is 0 Å². The third kappa shape index (κ3) is 4.13. The molecule has 0 aromatic heterocycles. The highest BCUT2D eigenvalue weighted by Crippen LogP contribution is 2.43. The molecule has 2 aromatic carbocycles. The van der Waals surface area contributed by atoms with Crippen molar-refractivity contribution in [3.8, 4) is 11.1 Å². The molecule has 26 heavy (non-hydrogen) atoms. The third-order valence-electron chi connectivity index (χ3n) is 5.76. The van der Waals surface area contributed by atoms with Crippen LogP contribution < -0.4 is 0 Å². The fraction of sp³-hybridized carbons (Fsp3) is 0.478. The highest BCUT2D eigenvalue weighted by Gasteiger charge is 2.29. The van der Waals surface area contributed by atoms with Crippen molar-refractivity contribution in [2.45, 2.75) is 64.2 Å². The van der Waals surface area contributed by atoms with Crippen LogP contribution >= 0.6 is 0 Å². The van der Waals surface area contributed by atoms with Gasteiger partial charge in [-0.3, -0.25) is 0 Å². The highest BCUT2D eigenvalue weighted by atomic mass is 19.2. The minimum atomic E-state index is -1.34. The van der Waals surface area contributed by atoms with Crippen molar-refractivity contribution in [1.29, 1.82) is 0 Å². The molecule has 1 aliphatic carbocycles. The first-order chi connectivity index (χ1) is 12.6. The van der Waals surface area contributed by atoms with E-state index in [0.717, 1.165) is 37.3 Å². The molecule has 1 aliphatic rings. The number of rotatable bonds is 6. The summed E-state index contributed by atoms with van der Waals surface area (Å²) in [5.41, 5.74) is 1.60. The molecule has 140 valence electrons. The van der Waals surface area contributed by atoms with Gasteiger partial charge in [-0.15, -0.1) is 0 Å². The van der Waals surface area contributed by atoms with E-state index in [2.05, 4.69) is 6.92 Å². The Bertz CT molecular complexity index is 716. The summed E-state index contributed by atoms with van der Waals surface area (Å²) in [4.78, 5) is 0. The number of halogens is 3. The van der Waals surface area contributed by atoms with Crippen molar-refractivity contribution in [3.63, 3.8) is 0 Å². The smallest absolute Gasteiger partial charge is 0.194 e. The van der Waals surface area contributed by atoms with Gasteiger partial charge in [-0.1, -0.05) is 62.9 Å². The summed E-state index contributed by atoms with van der Waals surface area (Å²) in [5, 5.41) is 0. The molecule has 3 heteroatoms. The predicted octanol–water partition coefficient (Wildman–Crippen LogP) is 7.63. The molecule has 0 amide bonds. The van der Waals surface area contributed by atoms with Gasteiger partial charge in [0, 0.05) is 5.56 Å². The van der Waals surface area contributed by atoms with Gasteiger partial charge in [0.2, 0.25) is 0 Å². The molecule has 0 radical (unpaired) electrons. The van der Waals surface area contributed by atoms with Crippen LogP contribution in [0.25, 0.3) is 11.1 Å². The summed E-state index contributed by atoms with van der Waals surface area (Å²) in [5.74, 6) is -2.81. The van der Waals surface area contributed by atoms with Gasteiger partial charge in [-0.25, -0.2) is 13.2 Å². The average Bonchev–Trinajstić information content (AvgIpc) is 2.67. The van der Waals surface area contributed by atoms with E-state index in [1.807, 2.05) is 30.3 Å². The summed E-state index contributed by atoms with van der Waals surface area (Å²) in [6.45, 7) is 2.20. The second-order valence-corrected chi connectivity index (χ2v) is 7.53. The van der Waals surface area contributed by atoms with Crippen molar-refractivity contribution < 1.29 is 13.2 Å². The third-order valence-corrected chi connectivity index (χ3v) is 5.76. The quantitative estimate of drug-likeness (QED) is 0.367. The number of hydrogen-bond donors (Lipinski definition) is 0. The highest BCUT2D eigenvalue weighted by molar-refractivity contribution is 5.68. The lowest BCUT2D eigenvalue weighted by Crippen LogP contribution is -2.16. The molecule has 0 nitrogen and oxygen atoms in total. The van der Waals surface area contributed by atoms with Gasteiger partial charge < -0.3 is 0 Å². The SMILES string of the molecule is CCCCCC1CCC(c2c(-c3ccccc3)cc(F)c(F)c2F)CC1. The minimum absolute atomic E-state index is 0.0391. The van der Waals surface area contributed by atoms with Crippen molar-refractivity contribution >= 4 is 0 Å². The van der Waals surface area contributed by atoms with E-state index >= 15 is 0 Å². The van der Waals surface area contributed by atoms with Crippen LogP contribution in [-0.2, 0) is 0 Å². The summed E-state index contributed by atoms with van der Waals surface area (Å²) in [6.07, 6.45) is 8.73. The van der Waals surface area contributed by atoms with E-state index in [1.165, 1.54) is 25.7 Å². The predicted molar refractivity (Wildman–Crippen MR) is 101 cm³/mol. The molecule has 0 unspecified atom stereocenters. The van der Waals surface area contributed by atoms with Crippen LogP contribution in [0.15, 0.2) is 36.4 Å². The molecule has 0 bridgehead atoms. The van der Waals surface area contributed by atoms with Gasteiger partial charge in [0.15, 0.2) is 17.5 Å². The van der Waals surface area contributed by atoms with Gasteiger partial charge >= 0.3 is 0 Å². The second-order valence-electron chi connectivity index (χ2n) is 7.53. The Labute approximate surface area is 154 Å². The fourth-order valence-corrected chi connectivity index (χ4v) is 4.29. The Kier molecular flexibility index (Phi) is 6.39. The van der Waals surface area contributed by atoms with E-state index in [4.69, 9.17) is 0 Å². The van der Waals surface area contributed by atoms with Crippen molar-refractivity contribution in [1.82, 2.24) is 0 Å². The largest absolute Gasteiger partial charge is 0.204 e. The molecule has 0 heterocycles. The lowest BCUT2D eigenvalue weighted by atomic mass is 9.75. The van der Waals surface area contributed by atoms with E-state index < -0.39 is 17.5 Å². The molecule has 3 rings (SSSR count). The van der Waals surface area contributed by atoms with E-state index in [1.54, 1.807) is 0 Å². The first-order valence-corrected chi connectivity index (χ1v) is 9.84. The molecule has 0 aliphatic heterocycles. The molecule has 1 saturated carbocycles. The summed E-state index contributed by atoms with van der Waals surface area (Å²) in [6, 6.07) is 10.3. The van der Waals surface area contributed by atoms with Crippen LogP contribution in [0.5, 0.6) is 0 Å². The van der Waals surface area contributed by atoms with Crippen LogP contribution in [0.4, 0.5) is 13.2 Å². The average molecular weight is 360 g/mol. The molecule has 0 atom stereocenters. The molecule has 0 spiro atoms.